The van der Waals surface area contributed by atoms with Gasteiger partial charge in [0, 0.05) is 33.5 Å². The number of aliphatic hydroxyl groups is 1. The third-order valence-corrected chi connectivity index (χ3v) is 5.99. The zero-order valence-corrected chi connectivity index (χ0v) is 18.3. The summed E-state index contributed by atoms with van der Waals surface area (Å²) in [6.45, 7) is 6.64. The van der Waals surface area contributed by atoms with Crippen molar-refractivity contribution in [1.82, 2.24) is 0 Å². The van der Waals surface area contributed by atoms with Crippen molar-refractivity contribution in [1.29, 1.82) is 0 Å². The number of rotatable bonds is 8. The van der Waals surface area contributed by atoms with Gasteiger partial charge in [-0.05, 0) is 61.9 Å². The number of ether oxygens (including phenoxy) is 1. The van der Waals surface area contributed by atoms with Gasteiger partial charge in [-0.2, -0.15) is 0 Å². The van der Waals surface area contributed by atoms with E-state index in [1.807, 2.05) is 0 Å². The fourth-order valence-electron chi connectivity index (χ4n) is 3.52. The molecule has 2 aliphatic carbocycles. The number of esters is 1. The van der Waals surface area contributed by atoms with Crippen LogP contribution < -0.4 is 0 Å². The van der Waals surface area contributed by atoms with Crippen LogP contribution in [0.25, 0.3) is 0 Å². The molecule has 3 nitrogen and oxygen atoms in total. The van der Waals surface area contributed by atoms with Gasteiger partial charge in [0.2, 0.25) is 0 Å². The zero-order valence-electron chi connectivity index (χ0n) is 16.7. The monoisotopic (exact) mass is 445 g/mol. The molecule has 2 saturated carbocycles. The Morgan fingerprint density at radius 3 is 2.00 bits per heavy atom. The van der Waals surface area contributed by atoms with Gasteiger partial charge in [0.1, 0.15) is 0 Å². The summed E-state index contributed by atoms with van der Waals surface area (Å²) in [5.41, 5.74) is 0.997. The van der Waals surface area contributed by atoms with Crippen molar-refractivity contribution < 1.29 is 35.1 Å². The van der Waals surface area contributed by atoms with Crippen molar-refractivity contribution in [3.05, 3.63) is 19.8 Å². The van der Waals surface area contributed by atoms with Crippen LogP contribution in [0.4, 0.5) is 0 Å². The molecule has 25 heavy (non-hydrogen) atoms. The third kappa shape index (κ3) is 8.85. The molecule has 0 saturated heterocycles. The molecule has 2 aliphatic rings. The number of carbonyl (C=O) groups excluding carboxylic acids is 1. The van der Waals surface area contributed by atoms with Gasteiger partial charge < -0.3 is 17.3 Å². The van der Waals surface area contributed by atoms with E-state index in [4.69, 9.17) is 9.84 Å². The molecule has 0 aromatic rings. The molecule has 0 aliphatic heterocycles. The summed E-state index contributed by atoms with van der Waals surface area (Å²) in [5.74, 6) is -0.151. The number of carbonyl (C=O) groups is 1. The molecule has 0 radical (unpaired) electrons. The maximum atomic E-state index is 10.8. The predicted octanol–water partition coefficient (Wildman–Crippen LogP) is 5.82. The molecule has 0 heterocycles. The van der Waals surface area contributed by atoms with Crippen molar-refractivity contribution >= 4 is 5.97 Å². The smallest absolute Gasteiger partial charge is 0.310 e. The van der Waals surface area contributed by atoms with Crippen LogP contribution in [0.15, 0.2) is 12.3 Å². The van der Waals surface area contributed by atoms with Crippen LogP contribution in [0.2, 0.25) is 0 Å². The van der Waals surface area contributed by atoms with E-state index in [-0.39, 0.29) is 33.8 Å². The van der Waals surface area contributed by atoms with E-state index < -0.39 is 0 Å². The first kappa shape index (κ1) is 27.1. The zero-order chi connectivity index (χ0) is 17.2. The minimum atomic E-state index is -0.151. The maximum Gasteiger partial charge on any atom is 0.310 e. The molecule has 2 fully saturated rings. The van der Waals surface area contributed by atoms with Gasteiger partial charge in [-0.15, -0.1) is 0 Å². The molecule has 1 N–H and O–H groups in total. The van der Waals surface area contributed by atoms with E-state index >= 15 is 0 Å². The van der Waals surface area contributed by atoms with Crippen LogP contribution in [0.3, 0.4) is 0 Å². The molecule has 4 heteroatoms. The molecule has 0 aromatic heterocycles. The van der Waals surface area contributed by atoms with Crippen LogP contribution in [-0.2, 0) is 30.0 Å². The number of hydrogen-bond donors (Lipinski definition) is 1. The van der Waals surface area contributed by atoms with E-state index in [9.17, 15) is 4.79 Å². The first-order chi connectivity index (χ1) is 11.1. The summed E-state index contributed by atoms with van der Waals surface area (Å²) in [5, 5.41) is 8.64. The van der Waals surface area contributed by atoms with Crippen molar-refractivity contribution in [2.24, 2.45) is 10.8 Å². The maximum absolute atomic E-state index is 10.8. The average molecular weight is 446 g/mol. The third-order valence-electron chi connectivity index (χ3n) is 5.99. The molecular weight excluding hydrogens is 407 g/mol. The Labute approximate surface area is 169 Å². The minimum absolute atomic E-state index is 0. The summed E-state index contributed by atoms with van der Waals surface area (Å²) in [6.07, 6.45) is 16.8. The number of allylic oxidation sites excluding steroid dienone is 1. The van der Waals surface area contributed by atoms with Crippen LogP contribution in [0, 0.1) is 18.3 Å². The van der Waals surface area contributed by atoms with Gasteiger partial charge in [-0.1, -0.05) is 40.0 Å². The summed E-state index contributed by atoms with van der Waals surface area (Å²) in [6, 6.07) is 0. The largest absolute Gasteiger partial charge is 0.435 e. The van der Waals surface area contributed by atoms with Gasteiger partial charge >= 0.3 is 5.97 Å². The quantitative estimate of drug-likeness (QED) is 0.221. The van der Waals surface area contributed by atoms with Gasteiger partial charge in [-0.25, -0.2) is 0 Å². The Bertz CT molecular complexity index is 360. The first-order valence-electron chi connectivity index (χ1n) is 9.53. The van der Waals surface area contributed by atoms with Crippen molar-refractivity contribution in [2.75, 3.05) is 6.61 Å². The molecular formula is C21H39O3Pd-. The molecule has 0 spiro atoms. The van der Waals surface area contributed by atoms with Gasteiger partial charge in [0.15, 0.2) is 0 Å². The van der Waals surface area contributed by atoms with Crippen molar-refractivity contribution in [3.8, 4) is 0 Å². The Balaban J connectivity index is 0. The van der Waals surface area contributed by atoms with E-state index in [1.54, 1.807) is 13.2 Å². The van der Waals surface area contributed by atoms with Gasteiger partial charge in [0.05, 0.1) is 6.26 Å². The molecule has 0 aromatic carbocycles. The van der Waals surface area contributed by atoms with E-state index in [0.29, 0.717) is 23.9 Å². The fraction of sp³-hybridized carbons (Fsp3) is 0.810. The van der Waals surface area contributed by atoms with Crippen molar-refractivity contribution in [3.63, 3.8) is 0 Å². The molecule has 2 rings (SSSR count). The van der Waals surface area contributed by atoms with E-state index in [1.165, 1.54) is 51.4 Å². The summed E-state index contributed by atoms with van der Waals surface area (Å²) in [7, 11) is 0. The molecule has 0 amide bonds. The normalized spacial score (nSPS) is 19.2. The molecule has 0 bridgehead atoms. The number of hydrogen-bond acceptors (Lipinski definition) is 3. The second kappa shape index (κ2) is 14.0. The van der Waals surface area contributed by atoms with Crippen LogP contribution >= 0.6 is 0 Å². The minimum Gasteiger partial charge on any atom is -0.435 e. The fourth-order valence-corrected chi connectivity index (χ4v) is 3.52. The predicted molar refractivity (Wildman–Crippen MR) is 101 cm³/mol. The second-order valence-electron chi connectivity index (χ2n) is 7.25. The summed E-state index contributed by atoms with van der Waals surface area (Å²) in [4.78, 5) is 10.8. The average Bonchev–Trinajstić information content (AvgIpc) is 2.50. The second-order valence-corrected chi connectivity index (χ2v) is 7.25. The van der Waals surface area contributed by atoms with E-state index in [0.717, 1.165) is 12.8 Å². The Morgan fingerprint density at radius 1 is 1.08 bits per heavy atom. The molecule has 0 atom stereocenters. The standard InChI is InChI=1S/C11H18O2.C9H18O.CH3.Pd/c1-3-10(12)13-9-8-11(4-2)6-5-7-11;1-2-9(5-3-6-9)7-4-8-10;;/h8-9H,3-7H2,1-2H3;10H,2-8H2,1H3;1H3;/q;;-1;/b9-8+;;;. The summed E-state index contributed by atoms with van der Waals surface area (Å²) >= 11 is 0. The first-order valence-corrected chi connectivity index (χ1v) is 9.53. The van der Waals surface area contributed by atoms with E-state index in [2.05, 4.69) is 19.9 Å². The Hall–Kier alpha value is -0.168. The van der Waals surface area contributed by atoms with Gasteiger partial charge in [0.25, 0.3) is 0 Å². The summed E-state index contributed by atoms with van der Waals surface area (Å²) < 4.78 is 4.90. The molecule has 0 unspecified atom stereocenters. The number of aliphatic hydroxyl groups excluding tert-OH is 1. The Kier molecular flexibility index (Phi) is 15.1. The van der Waals surface area contributed by atoms with Crippen LogP contribution in [-0.4, -0.2) is 17.7 Å². The van der Waals surface area contributed by atoms with Crippen LogP contribution in [0.1, 0.15) is 91.4 Å². The van der Waals surface area contributed by atoms with Crippen molar-refractivity contribution in [2.45, 2.75) is 91.4 Å². The van der Waals surface area contributed by atoms with Gasteiger partial charge in [-0.3, -0.25) is 4.79 Å². The SMILES string of the molecule is CCC(=O)O/C=C/C1(CC)CCC1.CCC1(CCCO)CCC1.[CH3-].[Pd]. The van der Waals surface area contributed by atoms with Crippen LogP contribution in [0.5, 0.6) is 0 Å². The Morgan fingerprint density at radius 2 is 1.68 bits per heavy atom. The topological polar surface area (TPSA) is 46.5 Å². The molecule has 152 valence electrons.